The molecule has 0 aliphatic heterocycles. The molecule has 43 heavy (non-hydrogen) atoms. The van der Waals surface area contributed by atoms with E-state index in [9.17, 15) is 22.4 Å². The molecule has 1 atom stereocenters. The molecule has 0 aliphatic carbocycles. The molecule has 3 aromatic rings. The summed E-state index contributed by atoms with van der Waals surface area (Å²) >= 11 is 12.5. The minimum absolute atomic E-state index is 0.0333. The topological polar surface area (TPSA) is 105 Å². The smallest absolute Gasteiger partial charge is 0.264 e. The Hall–Kier alpha value is -3.54. The van der Waals surface area contributed by atoms with E-state index >= 15 is 0 Å². The number of carbonyl (C=O) groups is 2. The highest BCUT2D eigenvalue weighted by molar-refractivity contribution is 7.92. The number of amides is 2. The van der Waals surface area contributed by atoms with Gasteiger partial charge in [-0.1, -0.05) is 43.1 Å². The van der Waals surface area contributed by atoms with Crippen molar-refractivity contribution in [2.45, 2.75) is 38.3 Å². The highest BCUT2D eigenvalue weighted by atomic mass is 35.5. The van der Waals surface area contributed by atoms with Crippen LogP contribution in [-0.4, -0.2) is 58.5 Å². The molecule has 3 rings (SSSR count). The zero-order chi connectivity index (χ0) is 31.9. The molecule has 0 unspecified atom stereocenters. The maximum Gasteiger partial charge on any atom is 0.264 e. The number of methoxy groups -OCH3 is 2. The van der Waals surface area contributed by atoms with Crippen molar-refractivity contribution in [2.24, 2.45) is 5.92 Å². The fraction of sp³-hybridized carbons (Fsp3) is 0.333. The van der Waals surface area contributed by atoms with E-state index in [0.717, 1.165) is 16.4 Å². The van der Waals surface area contributed by atoms with Gasteiger partial charge in [-0.05, 0) is 66.9 Å². The fourth-order valence-electron chi connectivity index (χ4n) is 4.11. The average Bonchev–Trinajstić information content (AvgIpc) is 2.97. The monoisotopic (exact) mass is 653 g/mol. The number of nitrogens with zero attached hydrogens (tertiary/aromatic N) is 2. The molecule has 0 radical (unpaired) electrons. The number of benzene rings is 3. The standard InChI is InChI=1S/C30H34Cl2FN3O6S/c1-19(2)16-34-30(38)20(3)35(17-21-6-7-22(31)14-26(21)32)29(37)18-36(24-10-8-23(33)9-11-24)43(39,40)25-12-13-27(41-4)28(15-25)42-5/h6-15,19-20H,16-18H2,1-5H3,(H,34,38)/t20-/m1/s1. The Morgan fingerprint density at radius 1 is 0.930 bits per heavy atom. The molecular formula is C30H34Cl2FN3O6S. The first kappa shape index (κ1) is 34.0. The van der Waals surface area contributed by atoms with E-state index in [2.05, 4.69) is 5.32 Å². The van der Waals surface area contributed by atoms with Crippen LogP contribution in [0.3, 0.4) is 0 Å². The van der Waals surface area contributed by atoms with E-state index in [1.165, 1.54) is 55.5 Å². The normalized spacial score (nSPS) is 12.0. The lowest BCUT2D eigenvalue weighted by molar-refractivity contribution is -0.139. The number of anilines is 1. The predicted octanol–water partition coefficient (Wildman–Crippen LogP) is 5.53. The van der Waals surface area contributed by atoms with Crippen molar-refractivity contribution in [3.8, 4) is 11.5 Å². The van der Waals surface area contributed by atoms with Crippen molar-refractivity contribution in [3.05, 3.63) is 82.1 Å². The van der Waals surface area contributed by atoms with Gasteiger partial charge in [0.25, 0.3) is 10.0 Å². The molecule has 13 heteroatoms. The average molecular weight is 655 g/mol. The largest absolute Gasteiger partial charge is 0.493 e. The third-order valence-corrected chi connectivity index (χ3v) is 8.90. The second-order valence-corrected chi connectivity index (χ2v) is 12.8. The van der Waals surface area contributed by atoms with Crippen LogP contribution >= 0.6 is 23.2 Å². The van der Waals surface area contributed by atoms with Crippen LogP contribution in [0, 0.1) is 11.7 Å². The molecule has 0 heterocycles. The fourth-order valence-corrected chi connectivity index (χ4v) is 6.01. The number of nitrogens with one attached hydrogen (secondary N) is 1. The summed E-state index contributed by atoms with van der Waals surface area (Å²) < 4.78 is 53.2. The van der Waals surface area contributed by atoms with Gasteiger partial charge in [-0.15, -0.1) is 0 Å². The molecule has 0 saturated carbocycles. The Kier molecular flexibility index (Phi) is 11.7. The summed E-state index contributed by atoms with van der Waals surface area (Å²) in [6, 6.07) is 12.4. The van der Waals surface area contributed by atoms with Crippen LogP contribution in [-0.2, 0) is 26.2 Å². The summed E-state index contributed by atoms with van der Waals surface area (Å²) in [6.45, 7) is 4.96. The van der Waals surface area contributed by atoms with Crippen LogP contribution < -0.4 is 19.1 Å². The zero-order valence-electron chi connectivity index (χ0n) is 24.4. The first-order valence-corrected chi connectivity index (χ1v) is 15.5. The number of sulfonamides is 1. The highest BCUT2D eigenvalue weighted by Crippen LogP contribution is 2.32. The van der Waals surface area contributed by atoms with E-state index < -0.39 is 40.2 Å². The molecule has 0 spiro atoms. The van der Waals surface area contributed by atoms with Gasteiger partial charge in [0, 0.05) is 29.2 Å². The van der Waals surface area contributed by atoms with Gasteiger partial charge in [0.15, 0.2) is 11.5 Å². The van der Waals surface area contributed by atoms with Crippen molar-refractivity contribution < 1.29 is 31.9 Å². The lowest BCUT2D eigenvalue weighted by Crippen LogP contribution is -2.51. The molecular weight excluding hydrogens is 620 g/mol. The summed E-state index contributed by atoms with van der Waals surface area (Å²) in [7, 11) is -1.65. The lowest BCUT2D eigenvalue weighted by Gasteiger charge is -2.32. The molecule has 232 valence electrons. The maximum absolute atomic E-state index is 14.0. The van der Waals surface area contributed by atoms with Crippen molar-refractivity contribution in [2.75, 3.05) is 31.6 Å². The third kappa shape index (κ3) is 8.52. The van der Waals surface area contributed by atoms with Gasteiger partial charge < -0.3 is 19.7 Å². The number of rotatable bonds is 13. The molecule has 2 amide bonds. The molecule has 0 aliphatic rings. The lowest BCUT2D eigenvalue weighted by atomic mass is 10.1. The van der Waals surface area contributed by atoms with E-state index in [1.807, 2.05) is 13.8 Å². The first-order valence-electron chi connectivity index (χ1n) is 13.3. The summed E-state index contributed by atoms with van der Waals surface area (Å²) in [5, 5.41) is 3.47. The number of hydrogen-bond donors (Lipinski definition) is 1. The van der Waals surface area contributed by atoms with Gasteiger partial charge in [-0.25, -0.2) is 12.8 Å². The van der Waals surface area contributed by atoms with Gasteiger partial charge in [0.1, 0.15) is 18.4 Å². The van der Waals surface area contributed by atoms with Crippen molar-refractivity contribution in [1.82, 2.24) is 10.2 Å². The Balaban J connectivity index is 2.07. The maximum atomic E-state index is 14.0. The predicted molar refractivity (Wildman–Crippen MR) is 165 cm³/mol. The Labute approximate surface area is 261 Å². The quantitative estimate of drug-likeness (QED) is 0.260. The van der Waals surface area contributed by atoms with Crippen molar-refractivity contribution in [3.63, 3.8) is 0 Å². The van der Waals surface area contributed by atoms with Gasteiger partial charge in [-0.2, -0.15) is 0 Å². The first-order chi connectivity index (χ1) is 20.3. The minimum atomic E-state index is -4.42. The molecule has 0 bridgehead atoms. The number of carbonyl (C=O) groups excluding carboxylic acids is 2. The van der Waals surface area contributed by atoms with E-state index in [1.54, 1.807) is 19.1 Å². The Morgan fingerprint density at radius 3 is 2.16 bits per heavy atom. The van der Waals surface area contributed by atoms with Crippen molar-refractivity contribution >= 4 is 50.7 Å². The highest BCUT2D eigenvalue weighted by Gasteiger charge is 2.33. The van der Waals surface area contributed by atoms with Gasteiger partial charge in [-0.3, -0.25) is 13.9 Å². The van der Waals surface area contributed by atoms with E-state index in [0.29, 0.717) is 22.9 Å². The van der Waals surface area contributed by atoms with Crippen LogP contribution in [0.1, 0.15) is 26.3 Å². The van der Waals surface area contributed by atoms with Crippen molar-refractivity contribution in [1.29, 1.82) is 0 Å². The number of hydrogen-bond acceptors (Lipinski definition) is 6. The Bertz CT molecular complexity index is 1550. The number of halogens is 3. The minimum Gasteiger partial charge on any atom is -0.493 e. The second-order valence-electron chi connectivity index (χ2n) is 10.1. The molecule has 0 saturated heterocycles. The van der Waals surface area contributed by atoms with Crippen LogP contribution in [0.25, 0.3) is 0 Å². The zero-order valence-corrected chi connectivity index (χ0v) is 26.8. The van der Waals surface area contributed by atoms with Crippen LogP contribution in [0.15, 0.2) is 65.6 Å². The van der Waals surface area contributed by atoms with Gasteiger partial charge in [0.05, 0.1) is 24.8 Å². The summed E-state index contributed by atoms with van der Waals surface area (Å²) in [5.74, 6) is -1.10. The van der Waals surface area contributed by atoms with E-state index in [4.69, 9.17) is 32.7 Å². The summed E-state index contributed by atoms with van der Waals surface area (Å²) in [6.07, 6.45) is 0. The van der Waals surface area contributed by atoms with Crippen LogP contribution in [0.4, 0.5) is 10.1 Å². The molecule has 0 aromatic heterocycles. The second kappa shape index (κ2) is 14.8. The van der Waals surface area contributed by atoms with Crippen LogP contribution in [0.5, 0.6) is 11.5 Å². The Morgan fingerprint density at radius 2 is 1.58 bits per heavy atom. The third-order valence-electron chi connectivity index (χ3n) is 6.54. The summed E-state index contributed by atoms with van der Waals surface area (Å²) in [5.41, 5.74) is 0.532. The number of ether oxygens (including phenoxy) is 2. The molecule has 0 fully saturated rings. The van der Waals surface area contributed by atoms with Gasteiger partial charge in [0.2, 0.25) is 11.8 Å². The van der Waals surface area contributed by atoms with E-state index in [-0.39, 0.29) is 33.8 Å². The van der Waals surface area contributed by atoms with Gasteiger partial charge >= 0.3 is 0 Å². The molecule has 3 aromatic carbocycles. The SMILES string of the molecule is COc1ccc(S(=O)(=O)N(CC(=O)N(Cc2ccc(Cl)cc2Cl)[C@H](C)C(=O)NCC(C)C)c2ccc(F)cc2)cc1OC. The molecule has 9 nitrogen and oxygen atoms in total. The molecule has 1 N–H and O–H groups in total. The summed E-state index contributed by atoms with van der Waals surface area (Å²) in [4.78, 5) is 28.2. The van der Waals surface area contributed by atoms with Crippen LogP contribution in [0.2, 0.25) is 10.0 Å².